The number of hydrogen-bond donors (Lipinski definition) is 1. The van der Waals surface area contributed by atoms with E-state index in [0.717, 1.165) is 10.0 Å². The molecule has 1 rings (SSSR count). The first-order valence-corrected chi connectivity index (χ1v) is 6.38. The first-order chi connectivity index (χ1) is 8.25. The summed E-state index contributed by atoms with van der Waals surface area (Å²) >= 11 is 9.28. The molecule has 1 N–H and O–H groups in total. The van der Waals surface area contributed by atoms with Crippen molar-refractivity contribution >= 4 is 39.4 Å². The Hall–Kier alpha value is -1.07. The van der Waals surface area contributed by atoms with Crippen molar-refractivity contribution in [3.05, 3.63) is 32.8 Å². The van der Waals surface area contributed by atoms with Gasteiger partial charge >= 0.3 is 5.97 Å². The van der Waals surface area contributed by atoms with Crippen LogP contribution in [0.4, 0.5) is 0 Å². The minimum atomic E-state index is -1.05. The molecule has 98 valence electrons. The maximum absolute atomic E-state index is 12.1. The van der Waals surface area contributed by atoms with E-state index in [1.54, 1.807) is 6.07 Å². The molecule has 0 saturated heterocycles. The summed E-state index contributed by atoms with van der Waals surface area (Å²) in [5, 5.41) is 9.30. The lowest BCUT2D eigenvalue weighted by atomic mass is 10.1. The van der Waals surface area contributed by atoms with Crippen molar-refractivity contribution in [1.82, 2.24) is 4.90 Å². The van der Waals surface area contributed by atoms with Crippen molar-refractivity contribution in [2.75, 3.05) is 7.05 Å². The lowest BCUT2D eigenvalue weighted by Crippen LogP contribution is -2.40. The van der Waals surface area contributed by atoms with Gasteiger partial charge in [-0.25, -0.2) is 4.79 Å². The highest BCUT2D eigenvalue weighted by Crippen LogP contribution is 2.28. The van der Waals surface area contributed by atoms with Crippen LogP contribution in [-0.2, 0) is 4.79 Å². The average molecular weight is 335 g/mol. The Balaban J connectivity index is 3.08. The van der Waals surface area contributed by atoms with Crippen LogP contribution in [0.2, 0.25) is 5.02 Å². The molecule has 0 saturated carbocycles. The van der Waals surface area contributed by atoms with Crippen molar-refractivity contribution < 1.29 is 14.7 Å². The number of carbonyl (C=O) groups excluding carboxylic acids is 1. The molecule has 18 heavy (non-hydrogen) atoms. The number of benzene rings is 1. The van der Waals surface area contributed by atoms with Gasteiger partial charge < -0.3 is 10.0 Å². The molecular formula is C12H13BrClNO3. The van der Waals surface area contributed by atoms with Crippen molar-refractivity contribution in [2.24, 2.45) is 0 Å². The summed E-state index contributed by atoms with van der Waals surface area (Å²) in [6.07, 6.45) is 0. The van der Waals surface area contributed by atoms with Gasteiger partial charge in [-0.2, -0.15) is 0 Å². The third-order valence-electron chi connectivity index (χ3n) is 2.72. The van der Waals surface area contributed by atoms with Gasteiger partial charge in [0.1, 0.15) is 6.04 Å². The molecule has 0 bridgehead atoms. The van der Waals surface area contributed by atoms with Crippen molar-refractivity contribution in [3.8, 4) is 0 Å². The highest BCUT2D eigenvalue weighted by molar-refractivity contribution is 9.10. The van der Waals surface area contributed by atoms with Gasteiger partial charge in [0.2, 0.25) is 0 Å². The Labute approximate surface area is 119 Å². The highest BCUT2D eigenvalue weighted by atomic mass is 79.9. The number of carboxylic acid groups (broad SMARTS) is 1. The van der Waals surface area contributed by atoms with Crippen LogP contribution >= 0.6 is 27.5 Å². The molecule has 0 radical (unpaired) electrons. The summed E-state index contributed by atoms with van der Waals surface area (Å²) < 4.78 is 0.731. The third-order valence-corrected chi connectivity index (χ3v) is 4.29. The van der Waals surface area contributed by atoms with Crippen LogP contribution in [0, 0.1) is 6.92 Å². The minimum absolute atomic E-state index is 0.372. The number of carbonyl (C=O) groups is 2. The van der Waals surface area contributed by atoms with E-state index >= 15 is 0 Å². The van der Waals surface area contributed by atoms with Crippen LogP contribution in [0.25, 0.3) is 0 Å². The van der Waals surface area contributed by atoms with Crippen molar-refractivity contribution in [3.63, 3.8) is 0 Å². The van der Waals surface area contributed by atoms with E-state index < -0.39 is 12.0 Å². The van der Waals surface area contributed by atoms with E-state index in [1.165, 1.54) is 24.9 Å². The SMILES string of the molecule is Cc1cc(C(=O)N(C)C(C)C(=O)O)cc(Cl)c1Br. The number of rotatable bonds is 3. The number of halogens is 2. The molecule has 0 aliphatic rings. The lowest BCUT2D eigenvalue weighted by Gasteiger charge is -2.22. The Bertz CT molecular complexity index is 481. The summed E-state index contributed by atoms with van der Waals surface area (Å²) in [6.45, 7) is 3.26. The van der Waals surface area contributed by atoms with Crippen LogP contribution in [0.15, 0.2) is 16.6 Å². The molecule has 1 aromatic rings. The number of likely N-dealkylation sites (N-methyl/N-ethyl adjacent to an activating group) is 1. The molecule has 1 unspecified atom stereocenters. The van der Waals surface area contributed by atoms with Gasteiger partial charge in [-0.3, -0.25) is 4.79 Å². The second-order valence-corrected chi connectivity index (χ2v) is 5.22. The molecule has 1 aromatic carbocycles. The van der Waals surface area contributed by atoms with E-state index in [2.05, 4.69) is 15.9 Å². The normalized spacial score (nSPS) is 12.1. The first-order valence-electron chi connectivity index (χ1n) is 5.21. The number of aryl methyl sites for hydroxylation is 1. The number of amides is 1. The number of aliphatic carboxylic acids is 1. The number of nitrogens with zero attached hydrogens (tertiary/aromatic N) is 1. The van der Waals surface area contributed by atoms with Crippen LogP contribution in [0.5, 0.6) is 0 Å². The Morgan fingerprint density at radius 3 is 2.44 bits per heavy atom. The van der Waals surface area contributed by atoms with Crippen LogP contribution < -0.4 is 0 Å². The molecule has 0 spiro atoms. The second kappa shape index (κ2) is 5.71. The molecular weight excluding hydrogens is 321 g/mol. The molecule has 6 heteroatoms. The van der Waals surface area contributed by atoms with Gasteiger partial charge in [-0.1, -0.05) is 11.6 Å². The van der Waals surface area contributed by atoms with E-state index in [1.807, 2.05) is 6.92 Å². The standard InChI is InChI=1S/C12H13BrClNO3/c1-6-4-8(5-9(14)10(6)13)11(16)15(3)7(2)12(17)18/h4-5,7H,1-3H3,(H,17,18). The second-order valence-electron chi connectivity index (χ2n) is 4.02. The zero-order chi connectivity index (χ0) is 14.0. The maximum Gasteiger partial charge on any atom is 0.326 e. The highest BCUT2D eigenvalue weighted by Gasteiger charge is 2.23. The van der Waals surface area contributed by atoms with Crippen molar-refractivity contribution in [2.45, 2.75) is 19.9 Å². The van der Waals surface area contributed by atoms with E-state index in [9.17, 15) is 9.59 Å². The van der Waals surface area contributed by atoms with Gasteiger partial charge in [0, 0.05) is 17.1 Å². The topological polar surface area (TPSA) is 57.6 Å². The van der Waals surface area contributed by atoms with Gasteiger partial charge in [0.15, 0.2) is 0 Å². The molecule has 0 aromatic heterocycles. The van der Waals surface area contributed by atoms with Crippen molar-refractivity contribution in [1.29, 1.82) is 0 Å². The first kappa shape index (κ1) is 15.0. The van der Waals surface area contributed by atoms with Gasteiger partial charge in [0.05, 0.1) is 5.02 Å². The Morgan fingerprint density at radius 1 is 1.44 bits per heavy atom. The molecule has 1 amide bonds. The third kappa shape index (κ3) is 3.03. The fraction of sp³-hybridized carbons (Fsp3) is 0.333. The summed E-state index contributed by atoms with van der Waals surface area (Å²) in [5.74, 6) is -1.42. The fourth-order valence-corrected chi connectivity index (χ4v) is 1.89. The zero-order valence-corrected chi connectivity index (χ0v) is 12.5. The molecule has 0 aliphatic carbocycles. The molecule has 1 atom stereocenters. The smallest absolute Gasteiger partial charge is 0.326 e. The Morgan fingerprint density at radius 2 is 2.00 bits per heavy atom. The molecule has 0 fully saturated rings. The number of hydrogen-bond acceptors (Lipinski definition) is 2. The summed E-state index contributed by atoms with van der Waals surface area (Å²) in [6, 6.07) is 2.30. The van der Waals surface area contributed by atoms with Crippen LogP contribution in [0.3, 0.4) is 0 Å². The maximum atomic E-state index is 12.1. The zero-order valence-electron chi connectivity index (χ0n) is 10.2. The lowest BCUT2D eigenvalue weighted by molar-refractivity contribution is -0.141. The molecule has 0 aliphatic heterocycles. The quantitative estimate of drug-likeness (QED) is 0.924. The van der Waals surface area contributed by atoms with Gasteiger partial charge in [-0.05, 0) is 47.5 Å². The fourth-order valence-electron chi connectivity index (χ4n) is 1.40. The van der Waals surface area contributed by atoms with E-state index in [-0.39, 0.29) is 5.91 Å². The predicted octanol–water partition coefficient (Wildman–Crippen LogP) is 2.96. The monoisotopic (exact) mass is 333 g/mol. The summed E-state index contributed by atoms with van der Waals surface area (Å²) in [5.41, 5.74) is 1.19. The number of carboxylic acids is 1. The molecule has 4 nitrogen and oxygen atoms in total. The van der Waals surface area contributed by atoms with E-state index in [0.29, 0.717) is 10.6 Å². The predicted molar refractivity (Wildman–Crippen MR) is 73.1 cm³/mol. The average Bonchev–Trinajstić information content (AvgIpc) is 2.32. The minimum Gasteiger partial charge on any atom is -0.480 e. The van der Waals surface area contributed by atoms with Gasteiger partial charge in [-0.15, -0.1) is 0 Å². The molecule has 0 heterocycles. The van der Waals surface area contributed by atoms with Gasteiger partial charge in [0.25, 0.3) is 5.91 Å². The van der Waals surface area contributed by atoms with Crippen LogP contribution in [0.1, 0.15) is 22.8 Å². The van der Waals surface area contributed by atoms with E-state index in [4.69, 9.17) is 16.7 Å². The summed E-state index contributed by atoms with van der Waals surface area (Å²) in [7, 11) is 1.45. The Kier molecular flexibility index (Phi) is 4.76. The summed E-state index contributed by atoms with van der Waals surface area (Å²) in [4.78, 5) is 24.1. The largest absolute Gasteiger partial charge is 0.480 e. The van der Waals surface area contributed by atoms with Crippen LogP contribution in [-0.4, -0.2) is 35.0 Å².